The summed E-state index contributed by atoms with van der Waals surface area (Å²) in [5.41, 5.74) is 0. The number of carbonyl (C=O) groups excluding carboxylic acids is 1. The molecule has 1 atom stereocenters. The number of amides is 1. The maximum atomic E-state index is 11.8. The molecule has 1 heterocycles. The number of carboxylic acids is 1. The number of hydrogen-bond donors (Lipinski definition) is 2. The Hall–Kier alpha value is -1.10. The summed E-state index contributed by atoms with van der Waals surface area (Å²) in [4.78, 5) is 24.6. The van der Waals surface area contributed by atoms with Gasteiger partial charge in [-0.2, -0.15) is 0 Å². The molecule has 0 spiro atoms. The smallest absolute Gasteiger partial charge is 0.303 e. The van der Waals surface area contributed by atoms with Crippen molar-refractivity contribution in [2.24, 2.45) is 5.92 Å². The molecule has 0 bridgehead atoms. The molecular weight excluding hydrogens is 256 g/mol. The molecular formula is C15H28N2O3. The molecule has 1 amide bonds. The number of likely N-dealkylation sites (tertiary alicyclic amines) is 1. The Balaban J connectivity index is 2.21. The van der Waals surface area contributed by atoms with E-state index in [4.69, 9.17) is 5.11 Å². The van der Waals surface area contributed by atoms with Crippen LogP contribution in [-0.2, 0) is 9.59 Å². The van der Waals surface area contributed by atoms with Gasteiger partial charge in [-0.15, -0.1) is 0 Å². The van der Waals surface area contributed by atoms with Crippen molar-refractivity contribution in [1.82, 2.24) is 10.2 Å². The predicted octanol–water partition coefficient (Wildman–Crippen LogP) is 1.87. The van der Waals surface area contributed by atoms with E-state index in [2.05, 4.69) is 24.1 Å². The van der Waals surface area contributed by atoms with Crippen molar-refractivity contribution in [1.29, 1.82) is 0 Å². The van der Waals surface area contributed by atoms with E-state index in [-0.39, 0.29) is 12.3 Å². The fourth-order valence-electron chi connectivity index (χ4n) is 2.73. The Morgan fingerprint density at radius 1 is 1.15 bits per heavy atom. The normalized spacial score (nSPS) is 17.4. The van der Waals surface area contributed by atoms with Gasteiger partial charge in [0.1, 0.15) is 0 Å². The van der Waals surface area contributed by atoms with Gasteiger partial charge in [0.2, 0.25) is 5.91 Å². The highest BCUT2D eigenvalue weighted by atomic mass is 16.4. The summed E-state index contributed by atoms with van der Waals surface area (Å²) in [5.74, 6) is -0.222. The second-order valence-corrected chi connectivity index (χ2v) is 5.96. The van der Waals surface area contributed by atoms with E-state index in [0.717, 1.165) is 13.1 Å². The Labute approximate surface area is 121 Å². The summed E-state index contributed by atoms with van der Waals surface area (Å²) in [6.45, 7) is 7.37. The van der Waals surface area contributed by atoms with Crippen LogP contribution < -0.4 is 5.32 Å². The molecule has 2 N–H and O–H groups in total. The Morgan fingerprint density at radius 2 is 1.75 bits per heavy atom. The molecule has 1 saturated heterocycles. The van der Waals surface area contributed by atoms with Gasteiger partial charge in [-0.1, -0.05) is 13.8 Å². The molecule has 1 aliphatic rings. The van der Waals surface area contributed by atoms with Crippen LogP contribution >= 0.6 is 0 Å². The second-order valence-electron chi connectivity index (χ2n) is 5.96. The zero-order valence-electron chi connectivity index (χ0n) is 12.7. The number of hydrogen-bond acceptors (Lipinski definition) is 3. The molecule has 20 heavy (non-hydrogen) atoms. The van der Waals surface area contributed by atoms with Crippen molar-refractivity contribution in [3.63, 3.8) is 0 Å². The minimum Gasteiger partial charge on any atom is -0.481 e. The number of aliphatic carboxylic acids is 1. The molecule has 1 fully saturated rings. The number of carboxylic acid groups (broad SMARTS) is 1. The van der Waals surface area contributed by atoms with Gasteiger partial charge >= 0.3 is 5.97 Å². The van der Waals surface area contributed by atoms with E-state index in [9.17, 15) is 9.59 Å². The Bertz CT molecular complexity index is 312. The Kier molecular flexibility index (Phi) is 7.59. The molecule has 5 heteroatoms. The zero-order chi connectivity index (χ0) is 15.0. The summed E-state index contributed by atoms with van der Waals surface area (Å²) >= 11 is 0. The quantitative estimate of drug-likeness (QED) is 0.634. The van der Waals surface area contributed by atoms with Crippen LogP contribution in [0.2, 0.25) is 0 Å². The summed E-state index contributed by atoms with van der Waals surface area (Å²) in [6, 6.07) is 0.417. The zero-order valence-corrected chi connectivity index (χ0v) is 12.7. The van der Waals surface area contributed by atoms with Gasteiger partial charge in [0, 0.05) is 25.4 Å². The van der Waals surface area contributed by atoms with E-state index in [1.165, 1.54) is 12.8 Å². The van der Waals surface area contributed by atoms with Crippen LogP contribution in [-0.4, -0.2) is 47.6 Å². The summed E-state index contributed by atoms with van der Waals surface area (Å²) in [7, 11) is 0. The maximum Gasteiger partial charge on any atom is 0.303 e. The number of unbranched alkanes of at least 4 members (excludes halogenated alkanes) is 1. The van der Waals surface area contributed by atoms with E-state index in [1.807, 2.05) is 0 Å². The molecule has 0 saturated carbocycles. The van der Waals surface area contributed by atoms with Crippen LogP contribution in [0.4, 0.5) is 0 Å². The van der Waals surface area contributed by atoms with Crippen LogP contribution in [0.1, 0.15) is 52.4 Å². The van der Waals surface area contributed by atoms with Gasteiger partial charge in [-0.3, -0.25) is 14.5 Å². The average Bonchev–Trinajstić information content (AvgIpc) is 2.88. The highest BCUT2D eigenvalue weighted by Gasteiger charge is 2.24. The minimum absolute atomic E-state index is 0.0419. The molecule has 0 aliphatic carbocycles. The van der Waals surface area contributed by atoms with Gasteiger partial charge in [-0.05, 0) is 44.7 Å². The third-order valence-corrected chi connectivity index (χ3v) is 3.93. The van der Waals surface area contributed by atoms with Crippen molar-refractivity contribution in [2.45, 2.75) is 58.4 Å². The largest absolute Gasteiger partial charge is 0.481 e. The van der Waals surface area contributed by atoms with Gasteiger partial charge in [0.15, 0.2) is 0 Å². The second kappa shape index (κ2) is 8.95. The fraction of sp³-hybridized carbons (Fsp3) is 0.867. The maximum absolute atomic E-state index is 11.8. The first-order valence-electron chi connectivity index (χ1n) is 7.73. The molecule has 1 unspecified atom stereocenters. The third kappa shape index (κ3) is 6.37. The number of carbonyl (C=O) groups is 2. The SMILES string of the molecule is CC(C)C(CNC(=O)CCCCC(=O)O)N1CCCC1. The van der Waals surface area contributed by atoms with Gasteiger partial charge in [-0.25, -0.2) is 0 Å². The van der Waals surface area contributed by atoms with Crippen molar-refractivity contribution in [3.05, 3.63) is 0 Å². The molecule has 1 rings (SSSR count). The molecule has 116 valence electrons. The average molecular weight is 284 g/mol. The van der Waals surface area contributed by atoms with Crippen molar-refractivity contribution < 1.29 is 14.7 Å². The van der Waals surface area contributed by atoms with Crippen molar-refractivity contribution >= 4 is 11.9 Å². The molecule has 0 aromatic carbocycles. The molecule has 0 aromatic heterocycles. The lowest BCUT2D eigenvalue weighted by Crippen LogP contribution is -2.45. The van der Waals surface area contributed by atoms with Crippen LogP contribution in [0.5, 0.6) is 0 Å². The molecule has 0 radical (unpaired) electrons. The highest BCUT2D eigenvalue weighted by Crippen LogP contribution is 2.17. The molecule has 0 aromatic rings. The number of rotatable bonds is 9. The van der Waals surface area contributed by atoms with E-state index in [0.29, 0.717) is 37.8 Å². The van der Waals surface area contributed by atoms with Gasteiger partial charge in [0.05, 0.1) is 0 Å². The van der Waals surface area contributed by atoms with Gasteiger partial charge in [0.25, 0.3) is 0 Å². The van der Waals surface area contributed by atoms with Crippen LogP contribution in [0.15, 0.2) is 0 Å². The summed E-state index contributed by atoms with van der Waals surface area (Å²) in [6.07, 6.45) is 4.31. The Morgan fingerprint density at radius 3 is 2.30 bits per heavy atom. The monoisotopic (exact) mass is 284 g/mol. The van der Waals surface area contributed by atoms with E-state index < -0.39 is 5.97 Å². The van der Waals surface area contributed by atoms with Crippen LogP contribution in [0, 0.1) is 5.92 Å². The highest BCUT2D eigenvalue weighted by molar-refractivity contribution is 5.76. The van der Waals surface area contributed by atoms with Crippen LogP contribution in [0.3, 0.4) is 0 Å². The molecule has 5 nitrogen and oxygen atoms in total. The lowest BCUT2D eigenvalue weighted by atomic mass is 10.0. The summed E-state index contributed by atoms with van der Waals surface area (Å²) in [5, 5.41) is 11.5. The standard InChI is InChI=1S/C15H28N2O3/c1-12(2)13(17-9-5-6-10-17)11-16-14(18)7-3-4-8-15(19)20/h12-13H,3-11H2,1-2H3,(H,16,18)(H,19,20). The topological polar surface area (TPSA) is 69.6 Å². The fourth-order valence-corrected chi connectivity index (χ4v) is 2.73. The predicted molar refractivity (Wildman–Crippen MR) is 78.5 cm³/mol. The van der Waals surface area contributed by atoms with Crippen molar-refractivity contribution in [3.8, 4) is 0 Å². The third-order valence-electron chi connectivity index (χ3n) is 3.93. The molecule has 1 aliphatic heterocycles. The first-order chi connectivity index (χ1) is 9.50. The van der Waals surface area contributed by atoms with E-state index in [1.54, 1.807) is 0 Å². The first kappa shape index (κ1) is 17.0. The van der Waals surface area contributed by atoms with E-state index >= 15 is 0 Å². The van der Waals surface area contributed by atoms with Crippen molar-refractivity contribution in [2.75, 3.05) is 19.6 Å². The number of nitrogens with zero attached hydrogens (tertiary/aromatic N) is 1. The lowest BCUT2D eigenvalue weighted by Gasteiger charge is -2.31. The summed E-state index contributed by atoms with van der Waals surface area (Å²) < 4.78 is 0. The van der Waals surface area contributed by atoms with Crippen LogP contribution in [0.25, 0.3) is 0 Å². The number of nitrogens with one attached hydrogen (secondary N) is 1. The minimum atomic E-state index is -0.792. The lowest BCUT2D eigenvalue weighted by molar-refractivity contribution is -0.137. The van der Waals surface area contributed by atoms with Gasteiger partial charge < -0.3 is 10.4 Å². The first-order valence-corrected chi connectivity index (χ1v) is 7.73.